The van der Waals surface area contributed by atoms with Gasteiger partial charge in [-0.2, -0.15) is 0 Å². The summed E-state index contributed by atoms with van der Waals surface area (Å²) in [6, 6.07) is 5.39. The van der Waals surface area contributed by atoms with E-state index in [1.807, 2.05) is 25.1 Å². The molecule has 0 spiro atoms. The van der Waals surface area contributed by atoms with Crippen LogP contribution in [-0.2, 0) is 29.1 Å². The summed E-state index contributed by atoms with van der Waals surface area (Å²) in [5.41, 5.74) is 0.421. The minimum atomic E-state index is -3.94. The van der Waals surface area contributed by atoms with E-state index in [0.717, 1.165) is 24.8 Å². The van der Waals surface area contributed by atoms with Crippen LogP contribution in [0, 0.1) is 24.7 Å². The number of hydrogen-bond acceptors (Lipinski definition) is 9. The van der Waals surface area contributed by atoms with Crippen molar-refractivity contribution >= 4 is 39.5 Å². The van der Waals surface area contributed by atoms with Gasteiger partial charge in [0.15, 0.2) is 0 Å². The molecule has 0 saturated heterocycles. The van der Waals surface area contributed by atoms with Gasteiger partial charge in [0.2, 0.25) is 27.7 Å². The monoisotopic (exact) mass is 667 g/mol. The minimum absolute atomic E-state index is 0.0541. The maximum atomic E-state index is 14.0. The van der Waals surface area contributed by atoms with Crippen LogP contribution in [-0.4, -0.2) is 72.1 Å². The van der Waals surface area contributed by atoms with Crippen LogP contribution >= 0.6 is 0 Å². The highest BCUT2D eigenvalue weighted by Crippen LogP contribution is 2.48. The van der Waals surface area contributed by atoms with E-state index in [2.05, 4.69) is 20.3 Å². The van der Waals surface area contributed by atoms with Crippen molar-refractivity contribution in [2.24, 2.45) is 17.8 Å². The van der Waals surface area contributed by atoms with Crippen molar-refractivity contribution in [3.05, 3.63) is 48.4 Å². The van der Waals surface area contributed by atoms with E-state index in [0.29, 0.717) is 36.5 Å². The van der Waals surface area contributed by atoms with Gasteiger partial charge in [0.05, 0.1) is 34.0 Å². The van der Waals surface area contributed by atoms with E-state index >= 15 is 0 Å². The fourth-order valence-corrected chi connectivity index (χ4v) is 7.90. The normalized spacial score (nSPS) is 29.4. The number of anilines is 1. The number of oxazole rings is 1. The number of nitrogens with one attached hydrogen (secondary N) is 3. The Hall–Kier alpha value is -4.20. The van der Waals surface area contributed by atoms with Crippen LogP contribution in [0.25, 0.3) is 11.5 Å². The number of ether oxygens (including phenoxy) is 1. The Labute approximate surface area is 273 Å². The van der Waals surface area contributed by atoms with Gasteiger partial charge in [-0.1, -0.05) is 18.2 Å². The van der Waals surface area contributed by atoms with Crippen molar-refractivity contribution in [1.29, 1.82) is 0 Å². The number of fused-ring (bicyclic) bond motifs is 2. The largest absolute Gasteiger partial charge is 0.446 e. The van der Waals surface area contributed by atoms with Crippen LogP contribution in [0.5, 0.6) is 0 Å². The lowest BCUT2D eigenvalue weighted by atomic mass is 9.93. The third-order valence-electron chi connectivity index (χ3n) is 9.98. The molecule has 3 fully saturated rings. The molecular weight excluding hydrogens is 626 g/mol. The van der Waals surface area contributed by atoms with Crippen LogP contribution in [0.2, 0.25) is 0 Å². The molecule has 3 N–H and O–H groups in total. The molecule has 1 aromatic heterocycles. The number of hydrogen-bond donors (Lipinski definition) is 3. The minimum Gasteiger partial charge on any atom is -0.446 e. The Kier molecular flexibility index (Phi) is 8.66. The Balaban J connectivity index is 1.21. The number of sulfonamides is 1. The van der Waals surface area contributed by atoms with E-state index in [9.17, 15) is 27.6 Å². The molecule has 3 saturated carbocycles. The van der Waals surface area contributed by atoms with Gasteiger partial charge in [0.25, 0.3) is 5.91 Å². The lowest BCUT2D eigenvalue weighted by molar-refractivity contribution is -0.140. The molecule has 0 radical (unpaired) electrons. The number of rotatable bonds is 6. The number of amides is 4. The van der Waals surface area contributed by atoms with E-state index < -0.39 is 56.2 Å². The van der Waals surface area contributed by atoms with Gasteiger partial charge < -0.3 is 19.4 Å². The summed E-state index contributed by atoms with van der Waals surface area (Å²) in [7, 11) is -2.25. The zero-order valence-electron chi connectivity index (χ0n) is 26.8. The van der Waals surface area contributed by atoms with Crippen LogP contribution in [0.4, 0.5) is 10.5 Å². The number of carbonyl (C=O) groups excluding carboxylic acids is 4. The number of aromatic nitrogens is 1. The summed E-state index contributed by atoms with van der Waals surface area (Å²) in [6.07, 6.45) is 8.81. The first-order valence-corrected chi connectivity index (χ1v) is 17.6. The first-order valence-electron chi connectivity index (χ1n) is 16.1. The standard InChI is InChI=1S/C33H41N5O8S/c1-20-9-10-23(28-34-13-15-45-28)26(16-20)35-31(42)46-22-17-24-25(18-22)29(40)38(3)14-7-5-4-6-8-21-19-33(21,36-27(24)39)30(41)37-47(43,44)32(2)11-12-32/h6,8-10,13,15-16,21-22,24-25H,4-5,7,11-12,14,17-19H2,1-3H3,(H,35,42)(H,36,39)(H,37,41)/b8-6-/t21-,22+,24+,25+,33+/m0/s1. The molecule has 6 rings (SSSR count). The molecule has 2 heterocycles. The Bertz CT molecular complexity index is 1700. The van der Waals surface area contributed by atoms with E-state index in [-0.39, 0.29) is 31.1 Å². The van der Waals surface area contributed by atoms with Gasteiger partial charge in [-0.15, -0.1) is 0 Å². The highest BCUT2D eigenvalue weighted by molar-refractivity contribution is 7.91. The van der Waals surface area contributed by atoms with Gasteiger partial charge in [-0.3, -0.25) is 24.4 Å². The topological polar surface area (TPSA) is 177 Å². The third-order valence-corrected chi connectivity index (χ3v) is 12.1. The molecular formula is C33H41N5O8S. The average Bonchev–Trinajstić information content (AvgIpc) is 3.77. The molecule has 0 unspecified atom stereocenters. The second-order valence-electron chi connectivity index (χ2n) is 13.6. The number of carbonyl (C=O) groups is 4. The van der Waals surface area contributed by atoms with Gasteiger partial charge in [0, 0.05) is 19.5 Å². The van der Waals surface area contributed by atoms with Crippen molar-refractivity contribution in [2.45, 2.75) is 81.6 Å². The van der Waals surface area contributed by atoms with E-state index in [1.165, 1.54) is 12.5 Å². The lowest BCUT2D eigenvalue weighted by Crippen LogP contribution is -2.55. The fourth-order valence-electron chi connectivity index (χ4n) is 6.59. The zero-order valence-corrected chi connectivity index (χ0v) is 27.6. The van der Waals surface area contributed by atoms with Gasteiger partial charge >= 0.3 is 6.09 Å². The summed E-state index contributed by atoms with van der Waals surface area (Å²) >= 11 is 0. The third kappa shape index (κ3) is 6.65. The fraction of sp³-hybridized carbons (Fsp3) is 0.545. The van der Waals surface area contributed by atoms with Crippen LogP contribution < -0.4 is 15.4 Å². The van der Waals surface area contributed by atoms with Crippen molar-refractivity contribution < 1.29 is 36.7 Å². The number of benzene rings is 1. The van der Waals surface area contributed by atoms with Gasteiger partial charge in [0.1, 0.15) is 17.9 Å². The zero-order chi connectivity index (χ0) is 33.6. The van der Waals surface area contributed by atoms with Gasteiger partial charge in [-0.25, -0.2) is 18.2 Å². The first kappa shape index (κ1) is 32.7. The van der Waals surface area contributed by atoms with E-state index in [1.54, 1.807) is 31.0 Å². The highest BCUT2D eigenvalue weighted by atomic mass is 32.2. The number of allylic oxidation sites excluding steroid dienone is 1. The summed E-state index contributed by atoms with van der Waals surface area (Å²) in [5, 5.41) is 5.61. The molecule has 0 bridgehead atoms. The summed E-state index contributed by atoms with van der Waals surface area (Å²) < 4.78 is 38.3. The molecule has 47 heavy (non-hydrogen) atoms. The molecule has 2 aromatic rings. The van der Waals surface area contributed by atoms with Crippen LogP contribution in [0.15, 0.2) is 47.2 Å². The Morgan fingerprint density at radius 2 is 1.91 bits per heavy atom. The summed E-state index contributed by atoms with van der Waals surface area (Å²) in [4.78, 5) is 60.2. The maximum absolute atomic E-state index is 14.0. The quantitative estimate of drug-likeness (QED) is 0.388. The van der Waals surface area contributed by atoms with Crippen molar-refractivity contribution in [1.82, 2.24) is 19.9 Å². The molecule has 3 aliphatic carbocycles. The van der Waals surface area contributed by atoms with Crippen LogP contribution in [0.1, 0.15) is 63.9 Å². The first-order chi connectivity index (χ1) is 22.3. The molecule has 13 nitrogen and oxygen atoms in total. The molecule has 4 aliphatic rings. The maximum Gasteiger partial charge on any atom is 0.411 e. The molecule has 1 aliphatic heterocycles. The van der Waals surface area contributed by atoms with Crippen molar-refractivity contribution in [3.8, 4) is 11.5 Å². The second-order valence-corrected chi connectivity index (χ2v) is 15.8. The molecule has 5 atom stereocenters. The lowest BCUT2D eigenvalue weighted by Gasteiger charge is -2.27. The number of aryl methyl sites for hydroxylation is 1. The Morgan fingerprint density at radius 1 is 1.15 bits per heavy atom. The molecule has 4 amide bonds. The number of nitrogens with zero attached hydrogens (tertiary/aromatic N) is 2. The Morgan fingerprint density at radius 3 is 2.64 bits per heavy atom. The SMILES string of the molecule is Cc1ccc(-c2ncco2)c(NC(=O)O[C@@H]2C[C@H]3C(=O)N[C@]4(C(=O)NS(=O)(=O)C5(C)CC5)C[C@@H]4/C=C\CCCCN(C)C(=O)[C@@H]3C2)c1. The predicted octanol–water partition coefficient (Wildman–Crippen LogP) is 3.67. The average molecular weight is 668 g/mol. The van der Waals surface area contributed by atoms with Crippen molar-refractivity contribution in [3.63, 3.8) is 0 Å². The molecule has 14 heteroatoms. The summed E-state index contributed by atoms with van der Waals surface area (Å²) in [6.45, 7) is 3.97. The highest BCUT2D eigenvalue weighted by Gasteiger charge is 2.63. The smallest absolute Gasteiger partial charge is 0.411 e. The molecule has 252 valence electrons. The predicted molar refractivity (Wildman–Crippen MR) is 171 cm³/mol. The van der Waals surface area contributed by atoms with Crippen molar-refractivity contribution in [2.75, 3.05) is 18.9 Å². The molecule has 1 aromatic carbocycles. The van der Waals surface area contributed by atoms with Crippen LogP contribution in [0.3, 0.4) is 0 Å². The second kappa shape index (κ2) is 12.4. The van der Waals surface area contributed by atoms with E-state index in [4.69, 9.17) is 9.15 Å². The summed E-state index contributed by atoms with van der Waals surface area (Å²) in [5.74, 6) is -3.34. The van der Waals surface area contributed by atoms with Gasteiger partial charge in [-0.05, 0) is 82.9 Å².